The van der Waals surface area contributed by atoms with Crippen LogP contribution in [0.4, 0.5) is 0 Å². The van der Waals surface area contributed by atoms with Gasteiger partial charge in [-0.1, -0.05) is 17.7 Å². The highest BCUT2D eigenvalue weighted by Gasteiger charge is 2.14. The van der Waals surface area contributed by atoms with E-state index in [4.69, 9.17) is 11.6 Å². The van der Waals surface area contributed by atoms with Crippen molar-refractivity contribution < 1.29 is 5.11 Å². The summed E-state index contributed by atoms with van der Waals surface area (Å²) in [4.78, 5) is 7.97. The third kappa shape index (κ3) is 1.69. The summed E-state index contributed by atoms with van der Waals surface area (Å²) in [5.41, 5.74) is 1.23. The van der Waals surface area contributed by atoms with Crippen molar-refractivity contribution in [2.24, 2.45) is 0 Å². The summed E-state index contributed by atoms with van der Waals surface area (Å²) in [5, 5.41) is 10.1. The lowest BCUT2D eigenvalue weighted by atomic mass is 10.4. The van der Waals surface area contributed by atoms with Crippen LogP contribution in [0.3, 0.4) is 0 Å². The first kappa shape index (κ1) is 10.7. The molecule has 2 aromatic rings. The lowest BCUT2D eigenvalue weighted by molar-refractivity contribution is 0.410. The summed E-state index contributed by atoms with van der Waals surface area (Å²) in [5.74, 6) is 0. The molecule has 1 N–H and O–H groups in total. The normalized spacial score (nSPS) is 10.8. The molecule has 15 heavy (non-hydrogen) atoms. The lowest BCUT2D eigenvalue weighted by Crippen LogP contribution is -1.96. The fraction of sp³-hybridized carbons (Fsp3) is 0.111. The third-order valence-electron chi connectivity index (χ3n) is 1.96. The molecule has 0 saturated heterocycles. The van der Waals surface area contributed by atoms with Gasteiger partial charge >= 0.3 is 0 Å². The van der Waals surface area contributed by atoms with E-state index in [9.17, 15) is 5.11 Å². The van der Waals surface area contributed by atoms with Gasteiger partial charge in [0.1, 0.15) is 5.52 Å². The molecular formula is C9H7ClIN3O. The zero-order valence-electron chi connectivity index (χ0n) is 7.61. The predicted molar refractivity (Wildman–Crippen MR) is 67.1 cm³/mol. The van der Waals surface area contributed by atoms with Crippen molar-refractivity contribution in [1.82, 2.24) is 14.5 Å². The van der Waals surface area contributed by atoms with Gasteiger partial charge in [-0.05, 0) is 22.6 Å². The molecule has 0 aliphatic heterocycles. The Kier molecular flexibility index (Phi) is 2.83. The van der Waals surface area contributed by atoms with Crippen LogP contribution >= 0.6 is 34.2 Å². The molecule has 0 aliphatic carbocycles. The highest BCUT2D eigenvalue weighted by Crippen LogP contribution is 2.28. The summed E-state index contributed by atoms with van der Waals surface area (Å²) < 4.78 is 2.44. The molecule has 0 unspecified atom stereocenters. The summed E-state index contributed by atoms with van der Waals surface area (Å²) in [7, 11) is 0. The maximum absolute atomic E-state index is 9.60. The second-order valence-corrected chi connectivity index (χ2v) is 4.39. The highest BCUT2D eigenvalue weighted by atomic mass is 127. The van der Waals surface area contributed by atoms with Crippen LogP contribution in [0.5, 0.6) is 6.01 Å². The van der Waals surface area contributed by atoms with Crippen molar-refractivity contribution >= 4 is 45.4 Å². The number of pyridine rings is 1. The van der Waals surface area contributed by atoms with E-state index >= 15 is 0 Å². The van der Waals surface area contributed by atoms with E-state index in [1.807, 2.05) is 0 Å². The lowest BCUT2D eigenvalue weighted by Gasteiger charge is -2.03. The first-order valence-corrected chi connectivity index (χ1v) is 5.61. The number of hydrogen-bond donors (Lipinski definition) is 1. The Bertz CT molecular complexity index is 538. The van der Waals surface area contributed by atoms with Crippen molar-refractivity contribution in [2.45, 2.75) is 6.54 Å². The molecule has 0 atom stereocenters. The fourth-order valence-corrected chi connectivity index (χ4v) is 2.13. The van der Waals surface area contributed by atoms with Crippen LogP contribution in [0.15, 0.2) is 18.9 Å². The molecule has 4 nitrogen and oxygen atoms in total. The van der Waals surface area contributed by atoms with Crippen LogP contribution in [0.1, 0.15) is 0 Å². The Labute approximate surface area is 105 Å². The summed E-state index contributed by atoms with van der Waals surface area (Å²) in [6.07, 6.45) is 3.20. The van der Waals surface area contributed by atoms with Crippen LogP contribution in [0.2, 0.25) is 5.02 Å². The molecule has 0 fully saturated rings. The molecule has 2 aromatic heterocycles. The predicted octanol–water partition coefficient (Wildman–Crippen LogP) is 2.58. The third-order valence-corrected chi connectivity index (χ3v) is 3.66. The standard InChI is InChI=1S/C9H7ClIN3O/c1-2-3-14-7-6(11)5(10)4-12-8(7)13-9(14)15/h2,4H,1,3H2,(H,12,13,15). The minimum Gasteiger partial charge on any atom is -0.480 e. The van der Waals surface area contributed by atoms with Crippen molar-refractivity contribution in [3.63, 3.8) is 0 Å². The van der Waals surface area contributed by atoms with Gasteiger partial charge in [0.25, 0.3) is 6.01 Å². The Morgan fingerprint density at radius 3 is 3.07 bits per heavy atom. The van der Waals surface area contributed by atoms with E-state index in [2.05, 4.69) is 39.1 Å². The van der Waals surface area contributed by atoms with Gasteiger partial charge < -0.3 is 5.11 Å². The molecule has 0 saturated carbocycles. The van der Waals surface area contributed by atoms with Crippen LogP contribution < -0.4 is 0 Å². The second kappa shape index (κ2) is 3.97. The van der Waals surface area contributed by atoms with Gasteiger partial charge in [-0.15, -0.1) is 6.58 Å². The van der Waals surface area contributed by atoms with E-state index in [0.717, 1.165) is 9.09 Å². The van der Waals surface area contributed by atoms with Gasteiger partial charge in [0.2, 0.25) is 0 Å². The fourth-order valence-electron chi connectivity index (χ4n) is 1.33. The van der Waals surface area contributed by atoms with Gasteiger partial charge in [0.15, 0.2) is 5.65 Å². The number of nitrogens with zero attached hydrogens (tertiary/aromatic N) is 3. The molecule has 0 radical (unpaired) electrons. The number of halogens is 2. The van der Waals surface area contributed by atoms with Crippen LogP contribution in [-0.4, -0.2) is 19.6 Å². The maximum atomic E-state index is 9.60. The van der Waals surface area contributed by atoms with Crippen LogP contribution in [-0.2, 0) is 6.54 Å². The van der Waals surface area contributed by atoms with E-state index in [1.54, 1.807) is 10.6 Å². The SMILES string of the molecule is C=CCn1c(O)nc2ncc(Cl)c(I)c21. The molecule has 2 heterocycles. The average molecular weight is 336 g/mol. The monoisotopic (exact) mass is 335 g/mol. The Hall–Kier alpha value is -0.820. The topological polar surface area (TPSA) is 50.9 Å². The number of aromatic nitrogens is 3. The zero-order valence-corrected chi connectivity index (χ0v) is 10.5. The summed E-state index contributed by atoms with van der Waals surface area (Å²) in [6, 6.07) is -0.0717. The number of fused-ring (bicyclic) bond motifs is 1. The highest BCUT2D eigenvalue weighted by molar-refractivity contribution is 14.1. The summed E-state index contributed by atoms with van der Waals surface area (Å²) >= 11 is 8.05. The van der Waals surface area contributed by atoms with Crippen molar-refractivity contribution in [3.05, 3.63) is 27.4 Å². The van der Waals surface area contributed by atoms with Crippen LogP contribution in [0, 0.1) is 3.57 Å². The van der Waals surface area contributed by atoms with Crippen molar-refractivity contribution in [1.29, 1.82) is 0 Å². The molecule has 0 spiro atoms. The van der Waals surface area contributed by atoms with E-state index in [0.29, 0.717) is 17.2 Å². The van der Waals surface area contributed by atoms with Crippen molar-refractivity contribution in [2.75, 3.05) is 0 Å². The molecule has 2 rings (SSSR count). The maximum Gasteiger partial charge on any atom is 0.296 e. The minimum atomic E-state index is -0.0717. The van der Waals surface area contributed by atoms with E-state index < -0.39 is 0 Å². The van der Waals surface area contributed by atoms with Gasteiger partial charge in [0.05, 0.1) is 8.59 Å². The second-order valence-electron chi connectivity index (χ2n) is 2.90. The Balaban J connectivity index is 2.83. The first-order valence-electron chi connectivity index (χ1n) is 4.15. The largest absolute Gasteiger partial charge is 0.480 e. The zero-order chi connectivity index (χ0) is 11.0. The molecule has 0 amide bonds. The molecular weight excluding hydrogens is 328 g/mol. The quantitative estimate of drug-likeness (QED) is 0.678. The van der Waals surface area contributed by atoms with E-state index in [-0.39, 0.29) is 6.01 Å². The molecule has 0 aliphatic rings. The minimum absolute atomic E-state index is 0.0717. The number of allylic oxidation sites excluding steroid dienone is 1. The van der Waals surface area contributed by atoms with Crippen LogP contribution in [0.25, 0.3) is 11.2 Å². The van der Waals surface area contributed by atoms with Gasteiger partial charge in [-0.3, -0.25) is 4.57 Å². The van der Waals surface area contributed by atoms with Gasteiger partial charge in [-0.2, -0.15) is 4.98 Å². The number of rotatable bonds is 2. The van der Waals surface area contributed by atoms with Gasteiger partial charge in [-0.25, -0.2) is 4.98 Å². The number of imidazole rings is 1. The molecule has 0 bridgehead atoms. The molecule has 6 heteroatoms. The average Bonchev–Trinajstić information content (AvgIpc) is 2.51. The number of aromatic hydroxyl groups is 1. The van der Waals surface area contributed by atoms with E-state index in [1.165, 1.54) is 6.20 Å². The van der Waals surface area contributed by atoms with Crippen molar-refractivity contribution in [3.8, 4) is 6.01 Å². The Morgan fingerprint density at radius 2 is 2.40 bits per heavy atom. The molecule has 0 aromatic carbocycles. The molecule has 78 valence electrons. The Morgan fingerprint density at radius 1 is 1.67 bits per heavy atom. The summed E-state index contributed by atoms with van der Waals surface area (Å²) in [6.45, 7) is 4.09. The first-order chi connectivity index (χ1) is 7.15. The number of hydrogen-bond acceptors (Lipinski definition) is 3. The smallest absolute Gasteiger partial charge is 0.296 e. The van der Waals surface area contributed by atoms with Gasteiger partial charge in [0, 0.05) is 12.7 Å².